The molecule has 4 heteroatoms. The second-order valence-electron chi connectivity index (χ2n) is 5.00. The van der Waals surface area contributed by atoms with Gasteiger partial charge in [-0.1, -0.05) is 42.6 Å². The molecular weight excluding hydrogens is 321 g/mol. The van der Waals surface area contributed by atoms with Gasteiger partial charge in [0.2, 0.25) is 5.91 Å². The van der Waals surface area contributed by atoms with Gasteiger partial charge >= 0.3 is 0 Å². The molecule has 0 aromatic heterocycles. The molecular formula is C16H23BrFNO. The molecule has 0 saturated heterocycles. The predicted octanol–water partition coefficient (Wildman–Crippen LogP) is 4.56. The molecule has 0 aliphatic heterocycles. The first-order valence-electron chi connectivity index (χ1n) is 7.30. The minimum absolute atomic E-state index is 0.0175. The maximum atomic E-state index is 13.7. The van der Waals surface area contributed by atoms with Crippen LogP contribution < -0.4 is 0 Å². The van der Waals surface area contributed by atoms with Crippen LogP contribution in [0.3, 0.4) is 0 Å². The lowest BCUT2D eigenvalue weighted by molar-refractivity contribution is -0.130. The molecule has 0 N–H and O–H groups in total. The Kier molecular flexibility index (Phi) is 7.82. The fourth-order valence-electron chi connectivity index (χ4n) is 2.01. The Balaban J connectivity index is 2.70. The zero-order chi connectivity index (χ0) is 15.0. The van der Waals surface area contributed by atoms with Gasteiger partial charge in [-0.25, -0.2) is 4.39 Å². The summed E-state index contributed by atoms with van der Waals surface area (Å²) in [5, 5.41) is 0. The number of unbranched alkanes of at least 4 members (excludes halogenated alkanes) is 2. The van der Waals surface area contributed by atoms with Crippen LogP contribution in [-0.2, 0) is 11.2 Å². The van der Waals surface area contributed by atoms with Gasteiger partial charge in [-0.05, 0) is 36.6 Å². The summed E-state index contributed by atoms with van der Waals surface area (Å²) in [7, 11) is 0. The molecule has 1 aromatic rings. The van der Waals surface area contributed by atoms with Crippen LogP contribution in [0.4, 0.5) is 4.39 Å². The molecule has 0 spiro atoms. The average molecular weight is 344 g/mol. The Morgan fingerprint density at radius 3 is 2.35 bits per heavy atom. The van der Waals surface area contributed by atoms with Crippen molar-refractivity contribution in [3.8, 4) is 0 Å². The molecule has 0 saturated carbocycles. The first-order chi connectivity index (χ1) is 9.58. The third-order valence-corrected chi connectivity index (χ3v) is 3.76. The van der Waals surface area contributed by atoms with Gasteiger partial charge in [-0.3, -0.25) is 4.79 Å². The Bertz CT molecular complexity index is 428. The highest BCUT2D eigenvalue weighted by Crippen LogP contribution is 2.17. The third-order valence-electron chi connectivity index (χ3n) is 3.27. The highest BCUT2D eigenvalue weighted by Gasteiger charge is 2.15. The summed E-state index contributed by atoms with van der Waals surface area (Å²) in [4.78, 5) is 14.2. The summed E-state index contributed by atoms with van der Waals surface area (Å²) in [5.74, 6) is -0.295. The Labute approximate surface area is 129 Å². The van der Waals surface area contributed by atoms with Crippen molar-refractivity contribution in [1.82, 2.24) is 4.90 Å². The monoisotopic (exact) mass is 343 g/mol. The van der Waals surface area contributed by atoms with E-state index in [0.717, 1.165) is 43.2 Å². The summed E-state index contributed by atoms with van der Waals surface area (Å²) in [5.41, 5.74) is 0.461. The minimum atomic E-state index is -0.313. The van der Waals surface area contributed by atoms with E-state index in [1.165, 1.54) is 6.07 Å². The van der Waals surface area contributed by atoms with E-state index in [9.17, 15) is 9.18 Å². The van der Waals surface area contributed by atoms with Crippen LogP contribution in [0.1, 0.15) is 45.1 Å². The van der Waals surface area contributed by atoms with Gasteiger partial charge in [0.05, 0.1) is 6.42 Å². The molecule has 2 nitrogen and oxygen atoms in total. The normalized spacial score (nSPS) is 10.6. The molecule has 0 bridgehead atoms. The summed E-state index contributed by atoms with van der Waals surface area (Å²) in [6.07, 6.45) is 4.24. The van der Waals surface area contributed by atoms with E-state index in [-0.39, 0.29) is 18.1 Å². The standard InChI is InChI=1S/C16H23BrFNO/c1-3-5-9-19(10-6-4-2)16(20)12-13-11-14(17)7-8-15(13)18/h7-8,11H,3-6,9-10,12H2,1-2H3. The lowest BCUT2D eigenvalue weighted by Crippen LogP contribution is -2.34. The second-order valence-corrected chi connectivity index (χ2v) is 5.92. The van der Waals surface area contributed by atoms with Gasteiger partial charge in [0.1, 0.15) is 5.82 Å². The minimum Gasteiger partial charge on any atom is -0.342 e. The lowest BCUT2D eigenvalue weighted by Gasteiger charge is -2.22. The van der Waals surface area contributed by atoms with Crippen molar-refractivity contribution < 1.29 is 9.18 Å². The number of amides is 1. The van der Waals surface area contributed by atoms with Gasteiger partial charge in [-0.2, -0.15) is 0 Å². The number of benzene rings is 1. The zero-order valence-corrected chi connectivity index (χ0v) is 13.9. The fourth-order valence-corrected chi connectivity index (χ4v) is 2.42. The topological polar surface area (TPSA) is 20.3 Å². The van der Waals surface area contributed by atoms with E-state index >= 15 is 0 Å². The van der Waals surface area contributed by atoms with Crippen molar-refractivity contribution in [3.63, 3.8) is 0 Å². The third kappa shape index (κ3) is 5.61. The number of carbonyl (C=O) groups is 1. The van der Waals surface area contributed by atoms with Gasteiger partial charge in [-0.15, -0.1) is 0 Å². The molecule has 1 rings (SSSR count). The van der Waals surface area contributed by atoms with E-state index < -0.39 is 0 Å². The van der Waals surface area contributed by atoms with Gasteiger partial charge in [0, 0.05) is 17.6 Å². The van der Waals surface area contributed by atoms with E-state index in [1.54, 1.807) is 12.1 Å². The predicted molar refractivity (Wildman–Crippen MR) is 84.2 cm³/mol. The largest absolute Gasteiger partial charge is 0.342 e. The maximum absolute atomic E-state index is 13.7. The van der Waals surface area contributed by atoms with Crippen LogP contribution in [0.15, 0.2) is 22.7 Å². The molecule has 0 unspecified atom stereocenters. The first kappa shape index (κ1) is 17.2. The highest BCUT2D eigenvalue weighted by molar-refractivity contribution is 9.10. The van der Waals surface area contributed by atoms with E-state index in [4.69, 9.17) is 0 Å². The van der Waals surface area contributed by atoms with Gasteiger partial charge in [0.25, 0.3) is 0 Å². The van der Waals surface area contributed by atoms with Crippen LogP contribution in [0.5, 0.6) is 0 Å². The second kappa shape index (κ2) is 9.11. The average Bonchev–Trinajstić information content (AvgIpc) is 2.43. The van der Waals surface area contributed by atoms with Crippen molar-refractivity contribution in [2.75, 3.05) is 13.1 Å². The summed E-state index contributed by atoms with van der Waals surface area (Å²) in [6.45, 7) is 5.75. The maximum Gasteiger partial charge on any atom is 0.227 e. The highest BCUT2D eigenvalue weighted by atomic mass is 79.9. The van der Waals surface area contributed by atoms with Crippen LogP contribution in [0, 0.1) is 5.82 Å². The first-order valence-corrected chi connectivity index (χ1v) is 8.09. The molecule has 112 valence electrons. The van der Waals surface area contributed by atoms with Crippen LogP contribution in [-0.4, -0.2) is 23.9 Å². The molecule has 1 aromatic carbocycles. The number of nitrogens with zero attached hydrogens (tertiary/aromatic N) is 1. The van der Waals surface area contributed by atoms with Gasteiger partial charge in [0.15, 0.2) is 0 Å². The number of halogens is 2. The van der Waals surface area contributed by atoms with E-state index in [2.05, 4.69) is 29.8 Å². The number of carbonyl (C=O) groups excluding carboxylic acids is 1. The summed E-state index contributed by atoms with van der Waals surface area (Å²) in [6, 6.07) is 4.73. The molecule has 1 amide bonds. The molecule has 0 heterocycles. The summed E-state index contributed by atoms with van der Waals surface area (Å²) < 4.78 is 14.5. The van der Waals surface area contributed by atoms with Crippen molar-refractivity contribution in [1.29, 1.82) is 0 Å². The lowest BCUT2D eigenvalue weighted by atomic mass is 10.1. The smallest absolute Gasteiger partial charge is 0.227 e. The number of hydrogen-bond donors (Lipinski definition) is 0. The number of rotatable bonds is 8. The Hall–Kier alpha value is -0.900. The van der Waals surface area contributed by atoms with E-state index in [0.29, 0.717) is 5.56 Å². The van der Waals surface area contributed by atoms with Crippen molar-refractivity contribution in [2.45, 2.75) is 46.0 Å². The summed E-state index contributed by atoms with van der Waals surface area (Å²) >= 11 is 3.32. The van der Waals surface area contributed by atoms with Crippen LogP contribution in [0.2, 0.25) is 0 Å². The Morgan fingerprint density at radius 2 is 1.80 bits per heavy atom. The molecule has 0 radical (unpaired) electrons. The van der Waals surface area contributed by atoms with E-state index in [1.807, 2.05) is 4.90 Å². The SMILES string of the molecule is CCCCN(CCCC)C(=O)Cc1cc(Br)ccc1F. The van der Waals surface area contributed by atoms with Crippen LogP contribution >= 0.6 is 15.9 Å². The van der Waals surface area contributed by atoms with Crippen molar-refractivity contribution >= 4 is 21.8 Å². The molecule has 0 aliphatic rings. The molecule has 20 heavy (non-hydrogen) atoms. The van der Waals surface area contributed by atoms with Crippen LogP contribution in [0.25, 0.3) is 0 Å². The molecule has 0 aliphatic carbocycles. The van der Waals surface area contributed by atoms with Crippen molar-refractivity contribution in [2.24, 2.45) is 0 Å². The fraction of sp³-hybridized carbons (Fsp3) is 0.562. The quantitative estimate of drug-likeness (QED) is 0.677. The number of hydrogen-bond acceptors (Lipinski definition) is 1. The Morgan fingerprint density at radius 1 is 1.20 bits per heavy atom. The molecule has 0 atom stereocenters. The molecule has 0 fully saturated rings. The zero-order valence-electron chi connectivity index (χ0n) is 12.3. The van der Waals surface area contributed by atoms with Gasteiger partial charge < -0.3 is 4.90 Å². The van der Waals surface area contributed by atoms with Crippen molar-refractivity contribution in [3.05, 3.63) is 34.1 Å².